The molecule has 2 fully saturated rings. The molecule has 3 heterocycles. The van der Waals surface area contributed by atoms with Gasteiger partial charge in [-0.15, -0.1) is 0 Å². The van der Waals surface area contributed by atoms with Gasteiger partial charge in [0.25, 0.3) is 0 Å². The lowest BCUT2D eigenvalue weighted by molar-refractivity contribution is -0.130. The zero-order valence-corrected chi connectivity index (χ0v) is 14.6. The monoisotopic (exact) mass is 350 g/mol. The fourth-order valence-corrected chi connectivity index (χ4v) is 3.84. The van der Waals surface area contributed by atoms with Gasteiger partial charge in [0.1, 0.15) is 0 Å². The summed E-state index contributed by atoms with van der Waals surface area (Å²) < 4.78 is 5.37. The average molecular weight is 350 g/mol. The molecule has 26 heavy (non-hydrogen) atoms. The molecular weight excluding hydrogens is 328 g/mol. The Bertz CT molecular complexity index is 940. The van der Waals surface area contributed by atoms with Crippen molar-refractivity contribution < 1.29 is 9.32 Å². The Balaban J connectivity index is 1.19. The van der Waals surface area contributed by atoms with Crippen LogP contribution in [0, 0.1) is 0 Å². The Labute approximate surface area is 151 Å². The number of likely N-dealkylation sites (tertiary alicyclic amines) is 1. The molecule has 1 N–H and O–H groups in total. The van der Waals surface area contributed by atoms with Gasteiger partial charge in [0.15, 0.2) is 5.82 Å². The summed E-state index contributed by atoms with van der Waals surface area (Å²) in [5.74, 6) is 2.46. The van der Waals surface area contributed by atoms with Gasteiger partial charge in [-0.2, -0.15) is 4.98 Å². The van der Waals surface area contributed by atoms with Gasteiger partial charge in [-0.25, -0.2) is 0 Å². The molecule has 134 valence electrons. The number of nitrogens with zero attached hydrogens (tertiary/aromatic N) is 3. The van der Waals surface area contributed by atoms with E-state index in [1.165, 1.54) is 10.9 Å². The highest BCUT2D eigenvalue weighted by Crippen LogP contribution is 2.39. The van der Waals surface area contributed by atoms with E-state index in [1.54, 1.807) is 0 Å². The van der Waals surface area contributed by atoms with E-state index in [0.717, 1.165) is 49.5 Å². The summed E-state index contributed by atoms with van der Waals surface area (Å²) in [6, 6.07) is 8.22. The molecule has 0 radical (unpaired) electrons. The number of hydrogen-bond donors (Lipinski definition) is 1. The summed E-state index contributed by atoms with van der Waals surface area (Å²) in [6.07, 6.45) is 6.55. The quantitative estimate of drug-likeness (QED) is 0.765. The van der Waals surface area contributed by atoms with Crippen molar-refractivity contribution in [2.45, 2.75) is 43.9 Å². The predicted molar refractivity (Wildman–Crippen MR) is 96.8 cm³/mol. The fourth-order valence-electron chi connectivity index (χ4n) is 3.84. The number of aromatic amines is 1. The summed E-state index contributed by atoms with van der Waals surface area (Å²) in [6.45, 7) is 1.49. The van der Waals surface area contributed by atoms with Crippen LogP contribution in [0.15, 0.2) is 35.0 Å². The molecule has 1 saturated heterocycles. The topological polar surface area (TPSA) is 75.0 Å². The third kappa shape index (κ3) is 2.89. The van der Waals surface area contributed by atoms with Crippen LogP contribution in [0.3, 0.4) is 0 Å². The maximum atomic E-state index is 12.6. The second kappa shape index (κ2) is 6.27. The first-order valence-electron chi connectivity index (χ1n) is 9.44. The maximum Gasteiger partial charge on any atom is 0.229 e. The molecule has 2 aromatic heterocycles. The van der Waals surface area contributed by atoms with Crippen molar-refractivity contribution in [3.63, 3.8) is 0 Å². The van der Waals surface area contributed by atoms with Crippen molar-refractivity contribution in [2.75, 3.05) is 13.1 Å². The van der Waals surface area contributed by atoms with Crippen molar-refractivity contribution in [3.8, 4) is 0 Å². The van der Waals surface area contributed by atoms with Crippen LogP contribution in [0.5, 0.6) is 0 Å². The maximum absolute atomic E-state index is 12.6. The summed E-state index contributed by atoms with van der Waals surface area (Å²) in [5, 5.41) is 5.35. The Hall–Kier alpha value is -2.63. The second-order valence-electron chi connectivity index (χ2n) is 7.45. The number of aryl methyl sites for hydroxylation is 1. The largest absolute Gasteiger partial charge is 0.361 e. The standard InChI is InChI=1S/C20H22N4O2/c25-18(8-7-14-11-21-17-4-2-1-3-16(14)17)24-10-9-15(12-24)19-22-20(26-23-19)13-5-6-13/h1-4,11,13,15,21H,5-10,12H2. The minimum atomic E-state index is 0.211. The number of hydrogen-bond acceptors (Lipinski definition) is 4. The predicted octanol–water partition coefficient (Wildman–Crippen LogP) is 3.38. The van der Waals surface area contributed by atoms with Gasteiger partial charge in [0.05, 0.1) is 0 Å². The number of H-pyrrole nitrogens is 1. The molecule has 2 aliphatic rings. The SMILES string of the molecule is O=C(CCc1c[nH]c2ccccc12)N1CCC(c2noc(C3CC3)n2)C1. The highest BCUT2D eigenvalue weighted by molar-refractivity contribution is 5.84. The van der Waals surface area contributed by atoms with Crippen molar-refractivity contribution in [1.82, 2.24) is 20.0 Å². The first-order valence-corrected chi connectivity index (χ1v) is 9.44. The molecule has 3 aromatic rings. The third-order valence-electron chi connectivity index (χ3n) is 5.57. The molecule has 1 saturated carbocycles. The van der Waals surface area contributed by atoms with Crippen LogP contribution in [0.2, 0.25) is 0 Å². The minimum absolute atomic E-state index is 0.211. The number of rotatable bonds is 5. The molecule has 0 bridgehead atoms. The summed E-state index contributed by atoms with van der Waals surface area (Å²) in [5.41, 5.74) is 2.33. The first kappa shape index (κ1) is 15.6. The summed E-state index contributed by atoms with van der Waals surface area (Å²) in [7, 11) is 0. The van der Waals surface area contributed by atoms with E-state index in [4.69, 9.17) is 4.52 Å². The molecule has 1 amide bonds. The molecule has 1 atom stereocenters. The average Bonchev–Trinajstić information content (AvgIpc) is 3.10. The number of amides is 1. The van der Waals surface area contributed by atoms with E-state index >= 15 is 0 Å². The summed E-state index contributed by atoms with van der Waals surface area (Å²) >= 11 is 0. The molecule has 1 aliphatic heterocycles. The van der Waals surface area contributed by atoms with E-state index < -0.39 is 0 Å². The van der Waals surface area contributed by atoms with Crippen LogP contribution in [0.4, 0.5) is 0 Å². The number of aromatic nitrogens is 3. The highest BCUT2D eigenvalue weighted by atomic mass is 16.5. The van der Waals surface area contributed by atoms with Gasteiger partial charge in [-0.3, -0.25) is 4.79 Å². The summed E-state index contributed by atoms with van der Waals surface area (Å²) in [4.78, 5) is 22.4. The number of nitrogens with one attached hydrogen (secondary N) is 1. The normalized spacial score (nSPS) is 20.2. The van der Waals surface area contributed by atoms with Crippen molar-refractivity contribution in [2.24, 2.45) is 0 Å². The van der Waals surface area contributed by atoms with Crippen LogP contribution in [-0.4, -0.2) is 39.0 Å². The zero-order chi connectivity index (χ0) is 17.5. The second-order valence-corrected chi connectivity index (χ2v) is 7.45. The molecule has 1 aromatic carbocycles. The zero-order valence-electron chi connectivity index (χ0n) is 14.6. The van der Waals surface area contributed by atoms with Crippen molar-refractivity contribution in [3.05, 3.63) is 47.7 Å². The van der Waals surface area contributed by atoms with Crippen molar-refractivity contribution >= 4 is 16.8 Å². The van der Waals surface area contributed by atoms with E-state index in [9.17, 15) is 4.79 Å². The number of para-hydroxylation sites is 1. The van der Waals surface area contributed by atoms with Crippen LogP contribution >= 0.6 is 0 Å². The molecule has 0 spiro atoms. The van der Waals surface area contributed by atoms with Crippen molar-refractivity contribution in [1.29, 1.82) is 0 Å². The van der Waals surface area contributed by atoms with E-state index in [-0.39, 0.29) is 11.8 Å². The van der Waals surface area contributed by atoms with Crippen LogP contribution in [0.1, 0.15) is 54.8 Å². The molecular formula is C20H22N4O2. The number of carbonyl (C=O) groups is 1. The van der Waals surface area contributed by atoms with Gasteiger partial charge in [-0.1, -0.05) is 23.4 Å². The molecule has 1 aliphatic carbocycles. The Morgan fingerprint density at radius 1 is 1.23 bits per heavy atom. The molecule has 5 rings (SSSR count). The van der Waals surface area contributed by atoms with Gasteiger partial charge in [-0.05, 0) is 37.3 Å². The third-order valence-corrected chi connectivity index (χ3v) is 5.57. The molecule has 6 heteroatoms. The Morgan fingerprint density at radius 3 is 3.00 bits per heavy atom. The fraction of sp³-hybridized carbons (Fsp3) is 0.450. The van der Waals surface area contributed by atoms with E-state index in [1.807, 2.05) is 23.2 Å². The van der Waals surface area contributed by atoms with Gasteiger partial charge in [0.2, 0.25) is 11.8 Å². The number of benzene rings is 1. The van der Waals surface area contributed by atoms with Crippen LogP contribution in [0.25, 0.3) is 10.9 Å². The molecule has 6 nitrogen and oxygen atoms in total. The molecule has 1 unspecified atom stereocenters. The minimum Gasteiger partial charge on any atom is -0.361 e. The lowest BCUT2D eigenvalue weighted by Gasteiger charge is -2.15. The first-order chi connectivity index (χ1) is 12.8. The van der Waals surface area contributed by atoms with Crippen LogP contribution < -0.4 is 0 Å². The number of carbonyl (C=O) groups excluding carboxylic acids is 1. The smallest absolute Gasteiger partial charge is 0.229 e. The van der Waals surface area contributed by atoms with E-state index in [2.05, 4.69) is 27.3 Å². The highest BCUT2D eigenvalue weighted by Gasteiger charge is 2.34. The Morgan fingerprint density at radius 2 is 2.12 bits per heavy atom. The van der Waals surface area contributed by atoms with Gasteiger partial charge >= 0.3 is 0 Å². The van der Waals surface area contributed by atoms with Gasteiger partial charge < -0.3 is 14.4 Å². The van der Waals surface area contributed by atoms with Gasteiger partial charge in [0, 0.05) is 48.4 Å². The number of fused-ring (bicyclic) bond motifs is 1. The van der Waals surface area contributed by atoms with E-state index in [0.29, 0.717) is 18.9 Å². The van der Waals surface area contributed by atoms with Crippen LogP contribution in [-0.2, 0) is 11.2 Å². The lowest BCUT2D eigenvalue weighted by atomic mass is 10.1. The lowest BCUT2D eigenvalue weighted by Crippen LogP contribution is -2.28. The Kier molecular flexibility index (Phi) is 3.76.